The van der Waals surface area contributed by atoms with E-state index in [-0.39, 0.29) is 5.56 Å². The Morgan fingerprint density at radius 1 is 1.45 bits per heavy atom. The number of rotatable bonds is 3. The molecule has 1 fully saturated rings. The van der Waals surface area contributed by atoms with E-state index in [2.05, 4.69) is 5.10 Å². The molecule has 6 heteroatoms. The maximum atomic E-state index is 11.4. The number of ether oxygens (including phenoxy) is 1. The maximum absolute atomic E-state index is 11.4. The Morgan fingerprint density at radius 2 is 2.20 bits per heavy atom. The van der Waals surface area contributed by atoms with Crippen LogP contribution in [0.3, 0.4) is 0 Å². The normalized spacial score (nSPS) is 16.4. The molecule has 1 N–H and O–H groups in total. The molecule has 0 radical (unpaired) electrons. The van der Waals surface area contributed by atoms with Crippen molar-refractivity contribution in [3.8, 4) is 0 Å². The molecule has 1 saturated heterocycles. The van der Waals surface area contributed by atoms with Gasteiger partial charge in [0.15, 0.2) is 0 Å². The second-order valence-electron chi connectivity index (χ2n) is 4.91. The molecule has 3 rings (SSSR count). The van der Waals surface area contributed by atoms with Crippen LogP contribution in [0, 0.1) is 0 Å². The Kier molecular flexibility index (Phi) is 3.31. The van der Waals surface area contributed by atoms with Gasteiger partial charge in [-0.2, -0.15) is 0 Å². The molecule has 2 heterocycles. The average molecular weight is 276 g/mol. The van der Waals surface area contributed by atoms with E-state index in [0.29, 0.717) is 11.4 Å². The summed E-state index contributed by atoms with van der Waals surface area (Å²) in [5, 5.41) is 14.3. The van der Waals surface area contributed by atoms with Gasteiger partial charge in [-0.1, -0.05) is 0 Å². The average Bonchev–Trinajstić information content (AvgIpc) is 2.89. The van der Waals surface area contributed by atoms with Crippen molar-refractivity contribution in [1.82, 2.24) is 9.94 Å². The van der Waals surface area contributed by atoms with E-state index >= 15 is 0 Å². The van der Waals surface area contributed by atoms with Gasteiger partial charge in [0.05, 0.1) is 11.8 Å². The van der Waals surface area contributed by atoms with Crippen molar-refractivity contribution < 1.29 is 19.5 Å². The van der Waals surface area contributed by atoms with E-state index in [0.717, 1.165) is 37.0 Å². The maximum Gasteiger partial charge on any atom is 0.337 e. The summed E-state index contributed by atoms with van der Waals surface area (Å²) in [6, 6.07) is 3.73. The van der Waals surface area contributed by atoms with Crippen LogP contribution in [0.2, 0.25) is 0 Å². The summed E-state index contributed by atoms with van der Waals surface area (Å²) in [4.78, 5) is 17.7. The van der Waals surface area contributed by atoms with Crippen LogP contribution in [-0.2, 0) is 4.74 Å². The molecule has 0 unspecified atom stereocenters. The van der Waals surface area contributed by atoms with Gasteiger partial charge in [0.1, 0.15) is 12.6 Å². The monoisotopic (exact) mass is 276 g/mol. The van der Waals surface area contributed by atoms with Gasteiger partial charge in [0.25, 0.3) is 0 Å². The zero-order chi connectivity index (χ0) is 14.1. The van der Waals surface area contributed by atoms with E-state index in [1.165, 1.54) is 12.0 Å². The van der Waals surface area contributed by atoms with Gasteiger partial charge in [-0.15, -0.1) is 9.94 Å². The second kappa shape index (κ2) is 5.13. The molecule has 2 aromatic rings. The fourth-order valence-electron chi connectivity index (χ4n) is 2.66. The summed E-state index contributed by atoms with van der Waals surface area (Å²) in [6.07, 6.45) is 3.54. The summed E-state index contributed by atoms with van der Waals surface area (Å²) >= 11 is 0. The van der Waals surface area contributed by atoms with Crippen molar-refractivity contribution >= 4 is 16.9 Å². The number of nitrogens with zero attached hydrogens (tertiary/aromatic N) is 2. The van der Waals surface area contributed by atoms with Crippen molar-refractivity contribution in [2.45, 2.75) is 18.8 Å². The van der Waals surface area contributed by atoms with Gasteiger partial charge >= 0.3 is 5.97 Å². The molecular weight excluding hydrogens is 260 g/mol. The van der Waals surface area contributed by atoms with Gasteiger partial charge in [-0.25, -0.2) is 4.79 Å². The van der Waals surface area contributed by atoms with Gasteiger partial charge in [0.2, 0.25) is 0 Å². The Hall–Kier alpha value is -2.08. The van der Waals surface area contributed by atoms with Crippen LogP contribution >= 0.6 is 0 Å². The SMILES string of the molecule is COn1cc2cc(C3CCOCC3)cc(C(=O)O)c2n1. The highest BCUT2D eigenvalue weighted by Gasteiger charge is 2.21. The van der Waals surface area contributed by atoms with Crippen molar-refractivity contribution in [2.24, 2.45) is 0 Å². The minimum atomic E-state index is -0.967. The highest BCUT2D eigenvalue weighted by molar-refractivity contribution is 6.02. The molecule has 0 aliphatic carbocycles. The van der Waals surface area contributed by atoms with Crippen LogP contribution in [0.15, 0.2) is 18.3 Å². The van der Waals surface area contributed by atoms with Crippen LogP contribution in [0.1, 0.15) is 34.7 Å². The molecule has 6 nitrogen and oxygen atoms in total. The lowest BCUT2D eigenvalue weighted by Crippen LogP contribution is -2.14. The van der Waals surface area contributed by atoms with Crippen LogP contribution in [0.4, 0.5) is 0 Å². The Morgan fingerprint density at radius 3 is 2.85 bits per heavy atom. The van der Waals surface area contributed by atoms with Crippen molar-refractivity contribution in [2.75, 3.05) is 20.3 Å². The lowest BCUT2D eigenvalue weighted by molar-refractivity contribution is 0.0698. The number of carbonyl (C=O) groups is 1. The molecular formula is C14H16N2O4. The van der Waals surface area contributed by atoms with Crippen molar-refractivity contribution in [1.29, 1.82) is 0 Å². The predicted octanol–water partition coefficient (Wildman–Crippen LogP) is 1.69. The number of carboxylic acids is 1. The molecule has 20 heavy (non-hydrogen) atoms. The number of benzene rings is 1. The largest absolute Gasteiger partial charge is 0.478 e. The third-order valence-corrected chi connectivity index (χ3v) is 3.72. The van der Waals surface area contributed by atoms with E-state index in [9.17, 15) is 9.90 Å². The van der Waals surface area contributed by atoms with Crippen LogP contribution in [-0.4, -0.2) is 41.3 Å². The minimum absolute atomic E-state index is 0.222. The topological polar surface area (TPSA) is 73.6 Å². The Labute approximate surface area is 115 Å². The number of hydrogen-bond donors (Lipinski definition) is 1. The first-order valence-electron chi connectivity index (χ1n) is 6.58. The summed E-state index contributed by atoms with van der Waals surface area (Å²) in [5.74, 6) is -0.623. The smallest absolute Gasteiger partial charge is 0.337 e. The molecule has 1 aromatic carbocycles. The van der Waals surface area contributed by atoms with Crippen molar-refractivity contribution in [3.05, 3.63) is 29.5 Å². The van der Waals surface area contributed by atoms with Crippen LogP contribution < -0.4 is 4.84 Å². The molecule has 0 saturated carbocycles. The molecule has 0 spiro atoms. The van der Waals surface area contributed by atoms with E-state index in [1.807, 2.05) is 6.07 Å². The van der Waals surface area contributed by atoms with Crippen LogP contribution in [0.5, 0.6) is 0 Å². The number of hydrogen-bond acceptors (Lipinski definition) is 4. The first-order valence-corrected chi connectivity index (χ1v) is 6.58. The summed E-state index contributed by atoms with van der Waals surface area (Å²) in [6.45, 7) is 1.45. The third-order valence-electron chi connectivity index (χ3n) is 3.72. The molecule has 0 amide bonds. The molecule has 106 valence electrons. The lowest BCUT2D eigenvalue weighted by Gasteiger charge is -2.22. The first kappa shape index (κ1) is 12.9. The van der Waals surface area contributed by atoms with E-state index in [1.54, 1.807) is 12.3 Å². The highest BCUT2D eigenvalue weighted by Crippen LogP contribution is 2.30. The number of fused-ring (bicyclic) bond motifs is 1. The molecule has 0 atom stereocenters. The third kappa shape index (κ3) is 2.22. The summed E-state index contributed by atoms with van der Waals surface area (Å²) < 4.78 is 5.36. The number of carboxylic acid groups (broad SMARTS) is 1. The standard InChI is InChI=1S/C14H16N2O4/c1-19-16-8-11-6-10(9-2-4-20-5-3-9)7-12(14(17)18)13(11)15-16/h6-9H,2-5H2,1H3,(H,17,18). The number of aromatic nitrogens is 2. The quantitative estimate of drug-likeness (QED) is 0.923. The van der Waals surface area contributed by atoms with Gasteiger partial charge in [0, 0.05) is 18.6 Å². The molecule has 1 aromatic heterocycles. The Bertz CT molecular complexity index is 644. The van der Waals surface area contributed by atoms with Crippen LogP contribution in [0.25, 0.3) is 10.9 Å². The minimum Gasteiger partial charge on any atom is -0.478 e. The molecule has 1 aliphatic heterocycles. The van der Waals surface area contributed by atoms with Crippen molar-refractivity contribution in [3.63, 3.8) is 0 Å². The van der Waals surface area contributed by atoms with Gasteiger partial charge in [-0.3, -0.25) is 0 Å². The molecule has 1 aliphatic rings. The first-order chi connectivity index (χ1) is 9.69. The fraction of sp³-hybridized carbons (Fsp3) is 0.429. The Balaban J connectivity index is 2.11. The second-order valence-corrected chi connectivity index (χ2v) is 4.91. The predicted molar refractivity (Wildman–Crippen MR) is 72.0 cm³/mol. The molecule has 0 bridgehead atoms. The summed E-state index contributed by atoms with van der Waals surface area (Å²) in [5.41, 5.74) is 1.71. The zero-order valence-electron chi connectivity index (χ0n) is 11.2. The number of aromatic carboxylic acids is 1. The zero-order valence-corrected chi connectivity index (χ0v) is 11.2. The lowest BCUT2D eigenvalue weighted by atomic mass is 9.89. The van der Waals surface area contributed by atoms with Gasteiger partial charge < -0.3 is 14.7 Å². The van der Waals surface area contributed by atoms with Gasteiger partial charge in [-0.05, 0) is 36.5 Å². The van der Waals surface area contributed by atoms with E-state index < -0.39 is 5.97 Å². The van der Waals surface area contributed by atoms with E-state index in [4.69, 9.17) is 9.57 Å². The fourth-order valence-corrected chi connectivity index (χ4v) is 2.66. The highest BCUT2D eigenvalue weighted by atomic mass is 16.7. The summed E-state index contributed by atoms with van der Waals surface area (Å²) in [7, 11) is 1.49.